The minimum atomic E-state index is 0.175. The Labute approximate surface area is 140 Å². The topological polar surface area (TPSA) is 51.2 Å². The number of rotatable bonds is 5. The summed E-state index contributed by atoms with van der Waals surface area (Å²) in [5.41, 5.74) is 0. The lowest BCUT2D eigenvalue weighted by Gasteiger charge is -2.36. The van der Waals surface area contributed by atoms with Gasteiger partial charge in [-0.05, 0) is 38.8 Å². The molecule has 2 heterocycles. The summed E-state index contributed by atoms with van der Waals surface area (Å²) in [7, 11) is 0. The number of carbonyl (C=O) groups excluding carboxylic acids is 1. The first kappa shape index (κ1) is 18.0. The average molecular weight is 323 g/mol. The van der Waals surface area contributed by atoms with Crippen LogP contribution in [0.5, 0.6) is 0 Å². The van der Waals surface area contributed by atoms with Gasteiger partial charge in [0.2, 0.25) is 5.91 Å². The first-order valence-electron chi connectivity index (χ1n) is 9.15. The lowest BCUT2D eigenvalue weighted by Crippen LogP contribution is -2.53. The third-order valence-corrected chi connectivity index (χ3v) is 4.77. The van der Waals surface area contributed by atoms with Gasteiger partial charge in [-0.25, -0.2) is 0 Å². The molecule has 0 aliphatic carbocycles. The molecule has 1 N–H and O–H groups in total. The summed E-state index contributed by atoms with van der Waals surface area (Å²) < 4.78 is 0. The summed E-state index contributed by atoms with van der Waals surface area (Å²) >= 11 is 0. The molecule has 0 aromatic rings. The van der Waals surface area contributed by atoms with Gasteiger partial charge in [-0.15, -0.1) is 0 Å². The first-order chi connectivity index (χ1) is 11.1. The molecular formula is C17H33N5O. The van der Waals surface area contributed by atoms with E-state index in [4.69, 9.17) is 4.99 Å². The van der Waals surface area contributed by atoms with Crippen LogP contribution in [0, 0.1) is 5.92 Å². The van der Waals surface area contributed by atoms with Crippen molar-refractivity contribution in [3.63, 3.8) is 0 Å². The molecule has 0 bridgehead atoms. The largest absolute Gasteiger partial charge is 0.357 e. The highest BCUT2D eigenvalue weighted by Crippen LogP contribution is 2.16. The number of amides is 1. The second kappa shape index (κ2) is 9.11. The summed E-state index contributed by atoms with van der Waals surface area (Å²) in [5, 5.41) is 3.42. The predicted molar refractivity (Wildman–Crippen MR) is 94.6 cm³/mol. The van der Waals surface area contributed by atoms with Crippen molar-refractivity contribution in [2.45, 2.75) is 33.6 Å². The molecule has 2 rings (SSSR count). The van der Waals surface area contributed by atoms with Crippen molar-refractivity contribution in [3.8, 4) is 0 Å². The highest BCUT2D eigenvalue weighted by Gasteiger charge is 2.23. The van der Waals surface area contributed by atoms with Crippen LogP contribution in [0.25, 0.3) is 0 Å². The number of carbonyl (C=O) groups is 1. The normalized spacial score (nSPS) is 23.4. The maximum absolute atomic E-state index is 11.4. The molecule has 0 aromatic carbocycles. The summed E-state index contributed by atoms with van der Waals surface area (Å²) in [5.74, 6) is 1.88. The molecule has 1 atom stereocenters. The number of hydrogen-bond donors (Lipinski definition) is 1. The van der Waals surface area contributed by atoms with Gasteiger partial charge in [-0.2, -0.15) is 0 Å². The van der Waals surface area contributed by atoms with E-state index >= 15 is 0 Å². The smallest absolute Gasteiger partial charge is 0.219 e. The zero-order valence-corrected chi connectivity index (χ0v) is 15.1. The van der Waals surface area contributed by atoms with Crippen LogP contribution in [0.3, 0.4) is 0 Å². The van der Waals surface area contributed by atoms with E-state index in [1.54, 1.807) is 6.92 Å². The van der Waals surface area contributed by atoms with Crippen LogP contribution in [-0.2, 0) is 4.79 Å². The monoisotopic (exact) mass is 323 g/mol. The van der Waals surface area contributed by atoms with Crippen LogP contribution in [0.4, 0.5) is 0 Å². The second-order valence-corrected chi connectivity index (χ2v) is 6.64. The highest BCUT2D eigenvalue weighted by atomic mass is 16.2. The Hall–Kier alpha value is -1.30. The second-order valence-electron chi connectivity index (χ2n) is 6.64. The summed E-state index contributed by atoms with van der Waals surface area (Å²) in [6, 6.07) is 0. The molecule has 1 unspecified atom stereocenters. The molecule has 132 valence electrons. The van der Waals surface area contributed by atoms with E-state index in [1.165, 1.54) is 32.5 Å². The van der Waals surface area contributed by atoms with Crippen molar-refractivity contribution in [2.75, 3.05) is 58.9 Å². The molecule has 1 amide bonds. The third-order valence-electron chi connectivity index (χ3n) is 4.77. The van der Waals surface area contributed by atoms with E-state index in [1.807, 2.05) is 4.90 Å². The molecule has 0 aromatic heterocycles. The van der Waals surface area contributed by atoms with Crippen molar-refractivity contribution in [3.05, 3.63) is 0 Å². The molecule has 0 spiro atoms. The van der Waals surface area contributed by atoms with Gasteiger partial charge in [0.15, 0.2) is 5.96 Å². The number of aliphatic imine (C=N–C) groups is 1. The first-order valence-corrected chi connectivity index (χ1v) is 9.15. The summed E-state index contributed by atoms with van der Waals surface area (Å²) in [6.07, 6.45) is 2.50. The van der Waals surface area contributed by atoms with E-state index in [0.29, 0.717) is 5.92 Å². The number of nitrogens with one attached hydrogen (secondary N) is 1. The molecule has 0 radical (unpaired) electrons. The number of piperazine rings is 1. The van der Waals surface area contributed by atoms with Crippen LogP contribution in [0.1, 0.15) is 33.6 Å². The van der Waals surface area contributed by atoms with Gasteiger partial charge in [0, 0.05) is 52.7 Å². The Morgan fingerprint density at radius 1 is 1.13 bits per heavy atom. The van der Waals surface area contributed by atoms with E-state index in [-0.39, 0.29) is 5.91 Å². The Morgan fingerprint density at radius 3 is 2.43 bits per heavy atom. The molecular weight excluding hydrogens is 290 g/mol. The SMILES string of the molecule is CCCN1CCC(CN=C(NCC)N2CCN(C(C)=O)CC2)C1. The Kier molecular flexibility index (Phi) is 7.15. The van der Waals surface area contributed by atoms with E-state index < -0.39 is 0 Å². The molecule has 2 aliphatic heterocycles. The van der Waals surface area contributed by atoms with Crippen LogP contribution in [0.2, 0.25) is 0 Å². The standard InChI is InChI=1S/C17H33N5O/c1-4-7-20-8-6-16(14-20)13-19-17(18-5-2)22-11-9-21(10-12-22)15(3)23/h16H,4-14H2,1-3H3,(H,18,19). The number of hydrogen-bond acceptors (Lipinski definition) is 3. The van der Waals surface area contributed by atoms with Crippen LogP contribution >= 0.6 is 0 Å². The molecule has 0 saturated carbocycles. The van der Waals surface area contributed by atoms with Gasteiger partial charge in [0.25, 0.3) is 0 Å². The zero-order valence-electron chi connectivity index (χ0n) is 15.1. The number of likely N-dealkylation sites (tertiary alicyclic amines) is 1. The quantitative estimate of drug-likeness (QED) is 0.602. The maximum atomic E-state index is 11.4. The van der Waals surface area contributed by atoms with Crippen molar-refractivity contribution in [1.29, 1.82) is 0 Å². The summed E-state index contributed by atoms with van der Waals surface area (Å²) in [6.45, 7) is 14.8. The minimum Gasteiger partial charge on any atom is -0.357 e. The van der Waals surface area contributed by atoms with Crippen molar-refractivity contribution < 1.29 is 4.79 Å². The maximum Gasteiger partial charge on any atom is 0.219 e. The average Bonchev–Trinajstić information content (AvgIpc) is 2.99. The number of guanidine groups is 1. The van der Waals surface area contributed by atoms with Gasteiger partial charge in [0.1, 0.15) is 0 Å². The third kappa shape index (κ3) is 5.37. The fraction of sp³-hybridized carbons (Fsp3) is 0.882. The van der Waals surface area contributed by atoms with E-state index in [0.717, 1.165) is 45.2 Å². The predicted octanol–water partition coefficient (Wildman–Crippen LogP) is 0.848. The van der Waals surface area contributed by atoms with Gasteiger partial charge >= 0.3 is 0 Å². The van der Waals surface area contributed by atoms with Crippen LogP contribution < -0.4 is 5.32 Å². The van der Waals surface area contributed by atoms with Crippen LogP contribution in [0.15, 0.2) is 4.99 Å². The van der Waals surface area contributed by atoms with Gasteiger partial charge in [0.05, 0.1) is 0 Å². The Balaban J connectivity index is 1.85. The summed E-state index contributed by atoms with van der Waals surface area (Å²) in [4.78, 5) is 23.1. The van der Waals surface area contributed by atoms with Crippen molar-refractivity contribution in [2.24, 2.45) is 10.9 Å². The molecule has 2 fully saturated rings. The molecule has 23 heavy (non-hydrogen) atoms. The molecule has 6 heteroatoms. The number of nitrogens with zero attached hydrogens (tertiary/aromatic N) is 4. The van der Waals surface area contributed by atoms with Gasteiger partial charge < -0.3 is 20.0 Å². The lowest BCUT2D eigenvalue weighted by atomic mass is 10.1. The Morgan fingerprint density at radius 2 is 1.83 bits per heavy atom. The minimum absolute atomic E-state index is 0.175. The van der Waals surface area contributed by atoms with Crippen molar-refractivity contribution >= 4 is 11.9 Å². The fourth-order valence-electron chi connectivity index (χ4n) is 3.46. The molecule has 2 aliphatic rings. The zero-order chi connectivity index (χ0) is 16.7. The van der Waals surface area contributed by atoms with Gasteiger partial charge in [-0.3, -0.25) is 9.79 Å². The van der Waals surface area contributed by atoms with E-state index in [2.05, 4.69) is 29.0 Å². The van der Waals surface area contributed by atoms with Crippen molar-refractivity contribution in [1.82, 2.24) is 20.0 Å². The Bertz CT molecular complexity index is 404. The fourth-order valence-corrected chi connectivity index (χ4v) is 3.46. The lowest BCUT2D eigenvalue weighted by molar-refractivity contribution is -0.130. The highest BCUT2D eigenvalue weighted by molar-refractivity contribution is 5.80. The van der Waals surface area contributed by atoms with E-state index in [9.17, 15) is 4.79 Å². The van der Waals surface area contributed by atoms with Crippen LogP contribution in [-0.4, -0.2) is 85.5 Å². The molecule has 6 nitrogen and oxygen atoms in total. The molecule has 2 saturated heterocycles. The van der Waals surface area contributed by atoms with Gasteiger partial charge in [-0.1, -0.05) is 6.92 Å².